The minimum absolute atomic E-state index is 0.0583. The molecule has 0 aliphatic heterocycles. The van der Waals surface area contributed by atoms with Gasteiger partial charge in [-0.2, -0.15) is 5.10 Å². The summed E-state index contributed by atoms with van der Waals surface area (Å²) in [4.78, 5) is 12.0. The molecule has 3 rings (SSSR count). The summed E-state index contributed by atoms with van der Waals surface area (Å²) < 4.78 is 3.61. The highest BCUT2D eigenvalue weighted by Gasteiger charge is 2.08. The molecular formula is C15H16N4O. The van der Waals surface area contributed by atoms with Crippen molar-refractivity contribution in [3.63, 3.8) is 0 Å². The number of fused-ring (bicyclic) bond motifs is 1. The lowest BCUT2D eigenvalue weighted by molar-refractivity contribution is -0.116. The fraction of sp³-hybridized carbons (Fsp3) is 0.200. The second-order valence-corrected chi connectivity index (χ2v) is 4.90. The summed E-state index contributed by atoms with van der Waals surface area (Å²) in [5.74, 6) is -0.0583. The van der Waals surface area contributed by atoms with E-state index in [-0.39, 0.29) is 5.91 Å². The van der Waals surface area contributed by atoms with Crippen LogP contribution in [-0.2, 0) is 18.4 Å². The van der Waals surface area contributed by atoms with Crippen LogP contribution in [0.1, 0.15) is 5.56 Å². The Morgan fingerprint density at radius 2 is 2.20 bits per heavy atom. The quantitative estimate of drug-likeness (QED) is 0.792. The Balaban J connectivity index is 1.79. The van der Waals surface area contributed by atoms with Gasteiger partial charge >= 0.3 is 0 Å². The van der Waals surface area contributed by atoms with Gasteiger partial charge in [0.2, 0.25) is 5.91 Å². The molecule has 0 aliphatic rings. The molecule has 102 valence electrons. The third kappa shape index (κ3) is 2.30. The third-order valence-electron chi connectivity index (χ3n) is 3.33. The predicted octanol–water partition coefficient (Wildman–Crippen LogP) is 2.32. The van der Waals surface area contributed by atoms with E-state index in [9.17, 15) is 4.79 Å². The van der Waals surface area contributed by atoms with Crippen molar-refractivity contribution >= 4 is 22.5 Å². The number of amides is 1. The highest BCUT2D eigenvalue weighted by Crippen LogP contribution is 2.19. The molecule has 5 nitrogen and oxygen atoms in total. The maximum Gasteiger partial charge on any atom is 0.244 e. The molecule has 3 aromatic rings. The van der Waals surface area contributed by atoms with Crippen molar-refractivity contribution in [1.29, 1.82) is 0 Å². The Kier molecular flexibility index (Phi) is 3.02. The zero-order valence-electron chi connectivity index (χ0n) is 11.5. The number of nitrogens with zero attached hydrogens (tertiary/aromatic N) is 3. The Labute approximate surface area is 116 Å². The average Bonchev–Trinajstić information content (AvgIpc) is 2.98. The van der Waals surface area contributed by atoms with Crippen molar-refractivity contribution < 1.29 is 4.79 Å². The lowest BCUT2D eigenvalue weighted by Crippen LogP contribution is -2.17. The fourth-order valence-electron chi connectivity index (χ4n) is 2.36. The normalized spacial score (nSPS) is 10.9. The molecule has 1 N–H and O–H groups in total. The fourth-order valence-corrected chi connectivity index (χ4v) is 2.36. The van der Waals surface area contributed by atoms with Gasteiger partial charge in [-0.3, -0.25) is 9.48 Å². The number of anilines is 1. The van der Waals surface area contributed by atoms with Crippen LogP contribution in [0.5, 0.6) is 0 Å². The maximum absolute atomic E-state index is 12.0. The lowest BCUT2D eigenvalue weighted by Gasteiger charge is -2.06. The summed E-state index contributed by atoms with van der Waals surface area (Å²) in [6.07, 6.45) is 5.35. The van der Waals surface area contributed by atoms with Crippen LogP contribution < -0.4 is 5.32 Å². The second kappa shape index (κ2) is 4.85. The van der Waals surface area contributed by atoms with Gasteiger partial charge in [-0.1, -0.05) is 12.1 Å². The standard InChI is InChI=1S/C15H16N4O/c1-11-4-3-5-14-13(11)6-7-19(14)10-15(20)17-12-8-16-18(2)9-12/h3-9H,10H2,1-2H3,(H,17,20). The van der Waals surface area contributed by atoms with Gasteiger partial charge in [0.25, 0.3) is 0 Å². The second-order valence-electron chi connectivity index (χ2n) is 4.90. The topological polar surface area (TPSA) is 51.9 Å². The molecule has 20 heavy (non-hydrogen) atoms. The van der Waals surface area contributed by atoms with Crippen LogP contribution in [0.2, 0.25) is 0 Å². The number of carbonyl (C=O) groups is 1. The highest BCUT2D eigenvalue weighted by atomic mass is 16.1. The summed E-state index contributed by atoms with van der Waals surface area (Å²) in [6, 6.07) is 8.15. The Morgan fingerprint density at radius 1 is 1.35 bits per heavy atom. The van der Waals surface area contributed by atoms with E-state index in [0.29, 0.717) is 12.2 Å². The van der Waals surface area contributed by atoms with Crippen LogP contribution in [0.25, 0.3) is 10.9 Å². The number of hydrogen-bond acceptors (Lipinski definition) is 2. The molecule has 1 aromatic carbocycles. The molecule has 2 heterocycles. The average molecular weight is 268 g/mol. The number of rotatable bonds is 3. The predicted molar refractivity (Wildman–Crippen MR) is 78.5 cm³/mol. The molecule has 0 aliphatic carbocycles. The molecular weight excluding hydrogens is 252 g/mol. The minimum atomic E-state index is -0.0583. The molecule has 0 saturated carbocycles. The molecule has 2 aromatic heterocycles. The Morgan fingerprint density at radius 3 is 2.95 bits per heavy atom. The van der Waals surface area contributed by atoms with Crippen molar-refractivity contribution in [2.75, 3.05) is 5.32 Å². The van der Waals surface area contributed by atoms with E-state index in [1.807, 2.05) is 36.0 Å². The van der Waals surface area contributed by atoms with Gasteiger partial charge in [-0.05, 0) is 24.6 Å². The number of aryl methyl sites for hydroxylation is 2. The summed E-state index contributed by atoms with van der Waals surface area (Å²) >= 11 is 0. The van der Waals surface area contributed by atoms with E-state index in [2.05, 4.69) is 23.4 Å². The molecule has 0 atom stereocenters. The van der Waals surface area contributed by atoms with Gasteiger partial charge in [-0.25, -0.2) is 0 Å². The molecule has 1 amide bonds. The summed E-state index contributed by atoms with van der Waals surface area (Å²) in [5.41, 5.74) is 3.00. The molecule has 5 heteroatoms. The first kappa shape index (κ1) is 12.5. The van der Waals surface area contributed by atoms with Crippen molar-refractivity contribution in [3.05, 3.63) is 48.4 Å². The zero-order valence-corrected chi connectivity index (χ0v) is 11.5. The molecule has 0 fully saturated rings. The van der Waals surface area contributed by atoms with E-state index in [1.165, 1.54) is 10.9 Å². The van der Waals surface area contributed by atoms with Gasteiger partial charge in [0.15, 0.2) is 0 Å². The number of hydrogen-bond donors (Lipinski definition) is 1. The first-order valence-corrected chi connectivity index (χ1v) is 6.46. The van der Waals surface area contributed by atoms with E-state index >= 15 is 0 Å². The van der Waals surface area contributed by atoms with Crippen LogP contribution in [0.3, 0.4) is 0 Å². The first-order valence-electron chi connectivity index (χ1n) is 6.46. The number of nitrogens with one attached hydrogen (secondary N) is 1. The smallest absolute Gasteiger partial charge is 0.244 e. The molecule has 0 bridgehead atoms. The lowest BCUT2D eigenvalue weighted by atomic mass is 10.1. The summed E-state index contributed by atoms with van der Waals surface area (Å²) in [5, 5.41) is 8.04. The number of benzene rings is 1. The van der Waals surface area contributed by atoms with Gasteiger partial charge in [-0.15, -0.1) is 0 Å². The van der Waals surface area contributed by atoms with Crippen LogP contribution in [0.4, 0.5) is 5.69 Å². The van der Waals surface area contributed by atoms with Gasteiger partial charge in [0, 0.05) is 30.3 Å². The minimum Gasteiger partial charge on any atom is -0.338 e. The third-order valence-corrected chi connectivity index (χ3v) is 3.33. The monoisotopic (exact) mass is 268 g/mol. The Bertz CT molecular complexity index is 769. The van der Waals surface area contributed by atoms with E-state index in [1.54, 1.807) is 17.1 Å². The van der Waals surface area contributed by atoms with Gasteiger partial charge in [0.1, 0.15) is 6.54 Å². The van der Waals surface area contributed by atoms with E-state index in [0.717, 1.165) is 5.52 Å². The van der Waals surface area contributed by atoms with Crippen LogP contribution in [-0.4, -0.2) is 20.3 Å². The summed E-state index contributed by atoms with van der Waals surface area (Å²) in [6.45, 7) is 2.37. The van der Waals surface area contributed by atoms with Crippen LogP contribution in [0.15, 0.2) is 42.9 Å². The van der Waals surface area contributed by atoms with Crippen LogP contribution >= 0.6 is 0 Å². The SMILES string of the molecule is Cc1cccc2c1ccn2CC(=O)Nc1cnn(C)c1. The van der Waals surface area contributed by atoms with E-state index in [4.69, 9.17) is 0 Å². The maximum atomic E-state index is 12.0. The zero-order chi connectivity index (χ0) is 14.1. The molecule has 0 saturated heterocycles. The highest BCUT2D eigenvalue weighted by molar-refractivity contribution is 5.92. The first-order chi connectivity index (χ1) is 9.63. The molecule has 0 spiro atoms. The van der Waals surface area contributed by atoms with Gasteiger partial charge < -0.3 is 9.88 Å². The molecule has 0 unspecified atom stereocenters. The Hall–Kier alpha value is -2.56. The van der Waals surface area contributed by atoms with Crippen molar-refractivity contribution in [2.24, 2.45) is 7.05 Å². The van der Waals surface area contributed by atoms with Crippen molar-refractivity contribution in [1.82, 2.24) is 14.3 Å². The number of aromatic nitrogens is 3. The largest absolute Gasteiger partial charge is 0.338 e. The van der Waals surface area contributed by atoms with Crippen molar-refractivity contribution in [2.45, 2.75) is 13.5 Å². The van der Waals surface area contributed by atoms with Crippen LogP contribution in [0, 0.1) is 6.92 Å². The van der Waals surface area contributed by atoms with Crippen molar-refractivity contribution in [3.8, 4) is 0 Å². The van der Waals surface area contributed by atoms with E-state index < -0.39 is 0 Å². The summed E-state index contributed by atoms with van der Waals surface area (Å²) in [7, 11) is 1.82. The number of carbonyl (C=O) groups excluding carboxylic acids is 1. The van der Waals surface area contributed by atoms with Gasteiger partial charge in [0.05, 0.1) is 11.9 Å². The molecule has 0 radical (unpaired) electrons.